The molecule has 3 aromatic rings. The number of hydrogen-bond donors (Lipinski definition) is 0. The van der Waals surface area contributed by atoms with Crippen molar-refractivity contribution >= 4 is 17.4 Å². The van der Waals surface area contributed by atoms with Gasteiger partial charge in [0.1, 0.15) is 18.3 Å². The minimum Gasteiger partial charge on any atom is -0.497 e. The van der Waals surface area contributed by atoms with E-state index in [4.69, 9.17) is 14.7 Å². The summed E-state index contributed by atoms with van der Waals surface area (Å²) < 4.78 is 5.27. The quantitative estimate of drug-likeness (QED) is 0.707. The zero-order valence-electron chi connectivity index (χ0n) is 14.5. The molecule has 1 aliphatic rings. The monoisotopic (exact) mass is 341 g/mol. The second kappa shape index (κ2) is 7.23. The molecule has 4 rings (SSSR count). The standard InChI is InChI=1S/C22H19N3O/c1-26-20-14-12-19(13-15-20)25-16-23-21(17-8-4-2-5-9-17)24-22(25)18-10-6-3-7-11-18/h2-15H,16H2,1H3. The zero-order valence-corrected chi connectivity index (χ0v) is 14.5. The minimum absolute atomic E-state index is 0.518. The highest BCUT2D eigenvalue weighted by Gasteiger charge is 2.21. The lowest BCUT2D eigenvalue weighted by molar-refractivity contribution is 0.415. The number of rotatable bonds is 4. The molecule has 0 bridgehead atoms. The third-order valence-corrected chi connectivity index (χ3v) is 4.28. The molecule has 0 aliphatic carbocycles. The molecule has 1 aliphatic heterocycles. The number of ether oxygens (including phenoxy) is 1. The van der Waals surface area contributed by atoms with E-state index < -0.39 is 0 Å². The van der Waals surface area contributed by atoms with Crippen LogP contribution in [0.4, 0.5) is 5.69 Å². The van der Waals surface area contributed by atoms with Crippen LogP contribution < -0.4 is 9.64 Å². The molecule has 0 saturated heterocycles. The number of benzene rings is 3. The molecule has 0 saturated carbocycles. The van der Waals surface area contributed by atoms with E-state index in [1.54, 1.807) is 7.11 Å². The molecule has 0 amide bonds. The summed E-state index contributed by atoms with van der Waals surface area (Å²) in [6, 6.07) is 28.2. The number of aliphatic imine (C=N–C) groups is 2. The fourth-order valence-electron chi connectivity index (χ4n) is 2.92. The van der Waals surface area contributed by atoms with Gasteiger partial charge in [0.05, 0.1) is 7.11 Å². The fraction of sp³-hybridized carbons (Fsp3) is 0.0909. The lowest BCUT2D eigenvalue weighted by Crippen LogP contribution is -2.36. The van der Waals surface area contributed by atoms with Crippen LogP contribution in [0, 0.1) is 0 Å². The van der Waals surface area contributed by atoms with Crippen molar-refractivity contribution in [3.05, 3.63) is 96.1 Å². The normalized spacial score (nSPS) is 13.8. The smallest absolute Gasteiger partial charge is 0.158 e. The van der Waals surface area contributed by atoms with Gasteiger partial charge in [0.2, 0.25) is 0 Å². The second-order valence-electron chi connectivity index (χ2n) is 5.92. The Morgan fingerprint density at radius 1 is 0.769 bits per heavy atom. The van der Waals surface area contributed by atoms with Crippen molar-refractivity contribution in [3.8, 4) is 5.75 Å². The van der Waals surface area contributed by atoms with Crippen molar-refractivity contribution in [1.82, 2.24) is 0 Å². The molecular formula is C22H19N3O. The highest BCUT2D eigenvalue weighted by molar-refractivity contribution is 6.19. The van der Waals surface area contributed by atoms with E-state index in [2.05, 4.69) is 17.0 Å². The Hall–Kier alpha value is -3.40. The van der Waals surface area contributed by atoms with Crippen molar-refractivity contribution in [2.75, 3.05) is 18.7 Å². The molecule has 0 fully saturated rings. The van der Waals surface area contributed by atoms with E-state index >= 15 is 0 Å². The van der Waals surface area contributed by atoms with E-state index in [1.165, 1.54) is 0 Å². The van der Waals surface area contributed by atoms with Gasteiger partial charge >= 0.3 is 0 Å². The molecule has 4 heteroatoms. The molecule has 0 atom stereocenters. The maximum absolute atomic E-state index is 5.27. The lowest BCUT2D eigenvalue weighted by Gasteiger charge is -2.28. The molecule has 0 spiro atoms. The SMILES string of the molecule is COc1ccc(N2CN=C(c3ccccc3)N=C2c2ccccc2)cc1. The maximum atomic E-state index is 5.27. The topological polar surface area (TPSA) is 37.2 Å². The summed E-state index contributed by atoms with van der Waals surface area (Å²) in [6.07, 6.45) is 0. The van der Waals surface area contributed by atoms with Gasteiger partial charge in [-0.05, 0) is 24.3 Å². The minimum atomic E-state index is 0.518. The van der Waals surface area contributed by atoms with E-state index in [0.29, 0.717) is 6.67 Å². The van der Waals surface area contributed by atoms with Gasteiger partial charge in [-0.25, -0.2) is 9.98 Å². The highest BCUT2D eigenvalue weighted by atomic mass is 16.5. The Morgan fingerprint density at radius 3 is 2.00 bits per heavy atom. The van der Waals surface area contributed by atoms with Crippen molar-refractivity contribution in [2.45, 2.75) is 0 Å². The Labute approximate surface area is 153 Å². The van der Waals surface area contributed by atoms with Crippen LogP contribution in [0.3, 0.4) is 0 Å². The summed E-state index contributed by atoms with van der Waals surface area (Å²) in [5.41, 5.74) is 3.12. The summed E-state index contributed by atoms with van der Waals surface area (Å²) in [5, 5.41) is 0. The summed E-state index contributed by atoms with van der Waals surface area (Å²) in [5.74, 6) is 2.48. The fourth-order valence-corrected chi connectivity index (χ4v) is 2.92. The van der Waals surface area contributed by atoms with Gasteiger partial charge < -0.3 is 9.64 Å². The average Bonchev–Trinajstić information content (AvgIpc) is 2.75. The van der Waals surface area contributed by atoms with Gasteiger partial charge in [-0.3, -0.25) is 0 Å². The molecular weight excluding hydrogens is 322 g/mol. The molecule has 0 N–H and O–H groups in total. The Morgan fingerprint density at radius 2 is 1.38 bits per heavy atom. The second-order valence-corrected chi connectivity index (χ2v) is 5.92. The van der Waals surface area contributed by atoms with Crippen LogP contribution in [0.25, 0.3) is 0 Å². The maximum Gasteiger partial charge on any atom is 0.158 e. The first kappa shape index (κ1) is 16.1. The van der Waals surface area contributed by atoms with Crippen LogP contribution in [0.2, 0.25) is 0 Å². The number of nitrogens with zero attached hydrogens (tertiary/aromatic N) is 3. The summed E-state index contributed by atoms with van der Waals surface area (Å²) in [6.45, 7) is 0.518. The van der Waals surface area contributed by atoms with Crippen LogP contribution in [-0.2, 0) is 0 Å². The first-order chi connectivity index (χ1) is 12.8. The molecule has 128 valence electrons. The molecule has 1 heterocycles. The van der Waals surface area contributed by atoms with Crippen molar-refractivity contribution < 1.29 is 4.74 Å². The third kappa shape index (κ3) is 3.22. The molecule has 0 radical (unpaired) electrons. The van der Waals surface area contributed by atoms with Gasteiger partial charge in [0, 0.05) is 16.8 Å². The number of hydrogen-bond acceptors (Lipinski definition) is 4. The number of amidine groups is 2. The zero-order chi connectivity index (χ0) is 17.8. The Balaban J connectivity index is 1.75. The first-order valence-electron chi connectivity index (χ1n) is 8.51. The summed E-state index contributed by atoms with van der Waals surface area (Å²) in [7, 11) is 1.67. The van der Waals surface area contributed by atoms with Gasteiger partial charge in [-0.1, -0.05) is 60.7 Å². The van der Waals surface area contributed by atoms with E-state index in [9.17, 15) is 0 Å². The van der Waals surface area contributed by atoms with Gasteiger partial charge in [0.25, 0.3) is 0 Å². The molecule has 0 aromatic heterocycles. The van der Waals surface area contributed by atoms with Crippen molar-refractivity contribution in [2.24, 2.45) is 9.98 Å². The molecule has 26 heavy (non-hydrogen) atoms. The number of methoxy groups -OCH3 is 1. The van der Waals surface area contributed by atoms with Crippen LogP contribution in [0.5, 0.6) is 5.75 Å². The highest BCUT2D eigenvalue weighted by Crippen LogP contribution is 2.24. The number of anilines is 1. The van der Waals surface area contributed by atoms with E-state index in [-0.39, 0.29) is 0 Å². The Kier molecular flexibility index (Phi) is 4.48. The predicted molar refractivity (Wildman–Crippen MR) is 106 cm³/mol. The summed E-state index contributed by atoms with van der Waals surface area (Å²) >= 11 is 0. The first-order valence-corrected chi connectivity index (χ1v) is 8.51. The van der Waals surface area contributed by atoms with Gasteiger partial charge in [-0.2, -0.15) is 0 Å². The van der Waals surface area contributed by atoms with E-state index in [1.807, 2.05) is 72.8 Å². The van der Waals surface area contributed by atoms with Gasteiger partial charge in [0.15, 0.2) is 5.84 Å². The van der Waals surface area contributed by atoms with Crippen LogP contribution in [0.15, 0.2) is 94.9 Å². The predicted octanol–water partition coefficient (Wildman–Crippen LogP) is 4.37. The van der Waals surface area contributed by atoms with Gasteiger partial charge in [-0.15, -0.1) is 0 Å². The molecule has 4 nitrogen and oxygen atoms in total. The van der Waals surface area contributed by atoms with Crippen LogP contribution >= 0.6 is 0 Å². The third-order valence-electron chi connectivity index (χ3n) is 4.28. The Bertz CT molecular complexity index is 932. The van der Waals surface area contributed by atoms with Crippen molar-refractivity contribution in [1.29, 1.82) is 0 Å². The summed E-state index contributed by atoms with van der Waals surface area (Å²) in [4.78, 5) is 11.7. The van der Waals surface area contributed by atoms with Crippen LogP contribution in [0.1, 0.15) is 11.1 Å². The van der Waals surface area contributed by atoms with Crippen molar-refractivity contribution in [3.63, 3.8) is 0 Å². The van der Waals surface area contributed by atoms with Crippen LogP contribution in [-0.4, -0.2) is 25.4 Å². The average molecular weight is 341 g/mol. The largest absolute Gasteiger partial charge is 0.497 e. The van der Waals surface area contributed by atoms with E-state index in [0.717, 1.165) is 34.2 Å². The molecule has 0 unspecified atom stereocenters. The lowest BCUT2D eigenvalue weighted by atomic mass is 10.1. The molecule has 3 aromatic carbocycles.